The summed E-state index contributed by atoms with van der Waals surface area (Å²) >= 11 is 0. The van der Waals surface area contributed by atoms with Crippen molar-refractivity contribution in [3.8, 4) is 5.75 Å². The van der Waals surface area contributed by atoms with Gasteiger partial charge in [-0.2, -0.15) is 0 Å². The number of hydrogen-bond donors (Lipinski definition) is 2. The van der Waals surface area contributed by atoms with E-state index in [1.807, 2.05) is 13.8 Å². The van der Waals surface area contributed by atoms with Gasteiger partial charge >= 0.3 is 0 Å². The number of pyridine rings is 1. The Hall–Kier alpha value is -1.62. The molecule has 1 aromatic heterocycles. The topological polar surface area (TPSA) is 71.5 Å². The van der Waals surface area contributed by atoms with Gasteiger partial charge in [-0.05, 0) is 32.4 Å². The number of nitrogens with one attached hydrogen (secondary N) is 1. The molecule has 2 N–H and O–H groups in total. The van der Waals surface area contributed by atoms with Crippen LogP contribution < -0.4 is 10.1 Å². The van der Waals surface area contributed by atoms with E-state index in [2.05, 4.69) is 10.3 Å². The van der Waals surface area contributed by atoms with Crippen LogP contribution in [0.4, 0.5) is 0 Å². The number of hydrogen-bond acceptors (Lipinski definition) is 4. The van der Waals surface area contributed by atoms with Crippen molar-refractivity contribution < 1.29 is 14.6 Å². The van der Waals surface area contributed by atoms with E-state index in [1.54, 1.807) is 19.1 Å². The van der Waals surface area contributed by atoms with Gasteiger partial charge in [0.05, 0.1) is 18.5 Å². The van der Waals surface area contributed by atoms with Crippen molar-refractivity contribution in [2.75, 3.05) is 0 Å². The van der Waals surface area contributed by atoms with E-state index in [-0.39, 0.29) is 18.6 Å². The molecule has 5 nitrogen and oxygen atoms in total. The van der Waals surface area contributed by atoms with Crippen LogP contribution in [0.15, 0.2) is 18.3 Å². The van der Waals surface area contributed by atoms with E-state index < -0.39 is 6.10 Å². The molecule has 0 aromatic carbocycles. The van der Waals surface area contributed by atoms with Crippen molar-refractivity contribution in [2.24, 2.45) is 0 Å². The Labute approximate surface area is 107 Å². The molecule has 0 radical (unpaired) electrons. The Kier molecular flexibility index (Phi) is 5.58. The molecule has 0 aliphatic heterocycles. The van der Waals surface area contributed by atoms with E-state index in [4.69, 9.17) is 9.84 Å². The summed E-state index contributed by atoms with van der Waals surface area (Å²) in [4.78, 5) is 15.7. The van der Waals surface area contributed by atoms with Crippen LogP contribution in [0.2, 0.25) is 0 Å². The third kappa shape index (κ3) is 4.33. The number of aromatic nitrogens is 1. The van der Waals surface area contributed by atoms with Gasteiger partial charge in [-0.15, -0.1) is 0 Å². The van der Waals surface area contributed by atoms with Crippen molar-refractivity contribution in [1.29, 1.82) is 0 Å². The summed E-state index contributed by atoms with van der Waals surface area (Å²) in [6, 6.07) is 3.48. The molecule has 0 saturated carbocycles. The van der Waals surface area contributed by atoms with Crippen LogP contribution in [0, 0.1) is 0 Å². The Bertz CT molecular complexity index is 378. The number of carbonyl (C=O) groups excluding carboxylic acids is 1. The number of aliphatic hydroxyl groups excluding tert-OH is 1. The lowest BCUT2D eigenvalue weighted by Crippen LogP contribution is -2.40. The molecule has 0 aliphatic rings. The van der Waals surface area contributed by atoms with Crippen LogP contribution in [0.25, 0.3) is 0 Å². The third-order valence-corrected chi connectivity index (χ3v) is 2.64. The number of nitrogens with zero attached hydrogens (tertiary/aromatic N) is 1. The average molecular weight is 252 g/mol. The highest BCUT2D eigenvalue weighted by molar-refractivity contribution is 5.80. The summed E-state index contributed by atoms with van der Waals surface area (Å²) in [7, 11) is 0. The lowest BCUT2D eigenvalue weighted by atomic mass is 10.2. The van der Waals surface area contributed by atoms with Gasteiger partial charge < -0.3 is 15.2 Å². The molecule has 1 aromatic rings. The van der Waals surface area contributed by atoms with Gasteiger partial charge in [0.15, 0.2) is 6.10 Å². The normalized spacial score (nSPS) is 13.8. The zero-order chi connectivity index (χ0) is 13.5. The molecule has 18 heavy (non-hydrogen) atoms. The number of ether oxygens (including phenoxy) is 1. The number of rotatable bonds is 6. The SMILES string of the molecule is CCC(C)NC(=O)C(C)Oc1ccc(CO)nc1. The van der Waals surface area contributed by atoms with Crippen LogP contribution in [0.5, 0.6) is 5.75 Å². The van der Waals surface area contributed by atoms with E-state index in [0.29, 0.717) is 11.4 Å². The van der Waals surface area contributed by atoms with Crippen LogP contribution >= 0.6 is 0 Å². The van der Waals surface area contributed by atoms with Crippen LogP contribution in [-0.2, 0) is 11.4 Å². The summed E-state index contributed by atoms with van der Waals surface area (Å²) in [6.45, 7) is 5.54. The van der Waals surface area contributed by atoms with Gasteiger partial charge in [0.2, 0.25) is 0 Å². The summed E-state index contributed by atoms with van der Waals surface area (Å²) in [6.07, 6.45) is 1.81. The maximum absolute atomic E-state index is 11.7. The Balaban J connectivity index is 2.52. The van der Waals surface area contributed by atoms with Crippen molar-refractivity contribution in [1.82, 2.24) is 10.3 Å². The number of aliphatic hydroxyl groups is 1. The largest absolute Gasteiger partial charge is 0.479 e. The van der Waals surface area contributed by atoms with Crippen molar-refractivity contribution >= 4 is 5.91 Å². The van der Waals surface area contributed by atoms with Gasteiger partial charge in [-0.25, -0.2) is 0 Å². The molecule has 1 heterocycles. The maximum Gasteiger partial charge on any atom is 0.260 e. The minimum Gasteiger partial charge on any atom is -0.479 e. The maximum atomic E-state index is 11.7. The number of carbonyl (C=O) groups is 1. The van der Waals surface area contributed by atoms with E-state index in [1.165, 1.54) is 6.20 Å². The summed E-state index contributed by atoms with van der Waals surface area (Å²) in [5.74, 6) is 0.370. The first kappa shape index (κ1) is 14.4. The van der Waals surface area contributed by atoms with Crippen LogP contribution in [0.3, 0.4) is 0 Å². The highest BCUT2D eigenvalue weighted by Crippen LogP contribution is 2.11. The van der Waals surface area contributed by atoms with Gasteiger partial charge in [-0.3, -0.25) is 9.78 Å². The van der Waals surface area contributed by atoms with E-state index in [0.717, 1.165) is 6.42 Å². The molecule has 0 saturated heterocycles. The van der Waals surface area contributed by atoms with Crippen molar-refractivity contribution in [2.45, 2.75) is 45.9 Å². The van der Waals surface area contributed by atoms with Gasteiger partial charge in [0, 0.05) is 6.04 Å². The average Bonchev–Trinajstić information content (AvgIpc) is 2.39. The molecule has 2 atom stereocenters. The molecular formula is C13H20N2O3. The predicted octanol–water partition coefficient (Wildman–Crippen LogP) is 1.26. The van der Waals surface area contributed by atoms with Gasteiger partial charge in [0.25, 0.3) is 5.91 Å². The predicted molar refractivity (Wildman–Crippen MR) is 68.1 cm³/mol. The Morgan fingerprint density at radius 2 is 2.22 bits per heavy atom. The molecule has 1 amide bonds. The molecule has 2 unspecified atom stereocenters. The highest BCUT2D eigenvalue weighted by Gasteiger charge is 2.16. The molecule has 0 spiro atoms. The first-order valence-electron chi connectivity index (χ1n) is 6.09. The fraction of sp³-hybridized carbons (Fsp3) is 0.538. The van der Waals surface area contributed by atoms with Crippen molar-refractivity contribution in [3.63, 3.8) is 0 Å². The minimum atomic E-state index is -0.569. The smallest absolute Gasteiger partial charge is 0.260 e. The molecule has 1 rings (SSSR count). The molecule has 0 aliphatic carbocycles. The lowest BCUT2D eigenvalue weighted by molar-refractivity contribution is -0.127. The molecular weight excluding hydrogens is 232 g/mol. The van der Waals surface area contributed by atoms with Crippen LogP contribution in [0.1, 0.15) is 32.9 Å². The van der Waals surface area contributed by atoms with E-state index >= 15 is 0 Å². The minimum absolute atomic E-state index is 0.107. The summed E-state index contributed by atoms with van der Waals surface area (Å²) in [5, 5.41) is 11.7. The third-order valence-electron chi connectivity index (χ3n) is 2.64. The highest BCUT2D eigenvalue weighted by atomic mass is 16.5. The van der Waals surface area contributed by atoms with Gasteiger partial charge in [0.1, 0.15) is 5.75 Å². The second-order valence-electron chi connectivity index (χ2n) is 4.22. The monoisotopic (exact) mass is 252 g/mol. The Morgan fingerprint density at radius 3 is 2.72 bits per heavy atom. The molecule has 0 bridgehead atoms. The standard InChI is InChI=1S/C13H20N2O3/c1-4-9(2)15-13(17)10(3)18-12-6-5-11(8-16)14-7-12/h5-7,9-10,16H,4,8H2,1-3H3,(H,15,17). The Morgan fingerprint density at radius 1 is 1.50 bits per heavy atom. The molecule has 5 heteroatoms. The van der Waals surface area contributed by atoms with Gasteiger partial charge in [-0.1, -0.05) is 6.92 Å². The summed E-state index contributed by atoms with van der Waals surface area (Å²) in [5.41, 5.74) is 0.569. The fourth-order valence-corrected chi connectivity index (χ4v) is 1.29. The molecule has 100 valence electrons. The van der Waals surface area contributed by atoms with Crippen molar-refractivity contribution in [3.05, 3.63) is 24.0 Å². The van der Waals surface area contributed by atoms with Crippen LogP contribution in [-0.4, -0.2) is 28.1 Å². The zero-order valence-electron chi connectivity index (χ0n) is 11.0. The lowest BCUT2D eigenvalue weighted by Gasteiger charge is -2.17. The zero-order valence-corrected chi connectivity index (χ0v) is 11.0. The number of amides is 1. The first-order valence-corrected chi connectivity index (χ1v) is 6.09. The molecule has 0 fully saturated rings. The fourth-order valence-electron chi connectivity index (χ4n) is 1.29. The van der Waals surface area contributed by atoms with E-state index in [9.17, 15) is 4.79 Å². The first-order chi connectivity index (χ1) is 8.56. The second-order valence-corrected chi connectivity index (χ2v) is 4.22. The quantitative estimate of drug-likeness (QED) is 0.799. The summed E-state index contributed by atoms with van der Waals surface area (Å²) < 4.78 is 5.46. The second kappa shape index (κ2) is 6.96.